The first-order chi connectivity index (χ1) is 13.0. The van der Waals surface area contributed by atoms with Crippen molar-refractivity contribution < 1.29 is 9.53 Å². The van der Waals surface area contributed by atoms with Gasteiger partial charge in [-0.1, -0.05) is 52.3 Å². The number of para-hydroxylation sites is 1. The number of anilines is 1. The molecule has 27 heavy (non-hydrogen) atoms. The van der Waals surface area contributed by atoms with E-state index < -0.39 is 0 Å². The van der Waals surface area contributed by atoms with Crippen LogP contribution in [0.4, 0.5) is 5.69 Å². The van der Waals surface area contributed by atoms with Crippen molar-refractivity contribution in [3.63, 3.8) is 0 Å². The quantitative estimate of drug-likeness (QED) is 0.494. The van der Waals surface area contributed by atoms with E-state index in [-0.39, 0.29) is 11.9 Å². The number of aliphatic imine (C=N–C) groups is 1. The largest absolute Gasteiger partial charge is 0.380 e. The minimum atomic E-state index is 0.0158. The summed E-state index contributed by atoms with van der Waals surface area (Å²) < 4.78 is 6.16. The van der Waals surface area contributed by atoms with Gasteiger partial charge in [-0.25, -0.2) is 0 Å². The van der Waals surface area contributed by atoms with Crippen molar-refractivity contribution in [3.05, 3.63) is 64.1 Å². The third kappa shape index (κ3) is 6.69. The van der Waals surface area contributed by atoms with Gasteiger partial charge in [-0.15, -0.1) is 0 Å². The molecule has 0 aliphatic rings. The molecule has 2 aromatic rings. The molecule has 0 aliphatic carbocycles. The maximum atomic E-state index is 12.3. The van der Waals surface area contributed by atoms with Gasteiger partial charge in [0.1, 0.15) is 0 Å². The van der Waals surface area contributed by atoms with Crippen LogP contribution in [0.25, 0.3) is 0 Å². The fraction of sp³-hybridized carbons (Fsp3) is 0.300. The molecule has 0 heterocycles. The summed E-state index contributed by atoms with van der Waals surface area (Å²) >= 11 is 3.50. The second-order valence-corrected chi connectivity index (χ2v) is 6.93. The van der Waals surface area contributed by atoms with Crippen LogP contribution < -0.4 is 11.1 Å². The molecular formula is C20H25BrN4O2. The fourth-order valence-electron chi connectivity index (χ4n) is 2.53. The number of carbonyl (C=O) groups is 1. The van der Waals surface area contributed by atoms with Gasteiger partial charge in [0.15, 0.2) is 5.96 Å². The van der Waals surface area contributed by atoms with Crippen molar-refractivity contribution in [1.82, 2.24) is 4.90 Å². The van der Waals surface area contributed by atoms with E-state index in [4.69, 9.17) is 10.5 Å². The van der Waals surface area contributed by atoms with Crippen molar-refractivity contribution >= 4 is 33.5 Å². The molecule has 0 saturated carbocycles. The number of benzene rings is 2. The molecule has 144 valence electrons. The van der Waals surface area contributed by atoms with Crippen LogP contribution >= 0.6 is 15.9 Å². The van der Waals surface area contributed by atoms with Gasteiger partial charge in [0.25, 0.3) is 0 Å². The zero-order valence-corrected chi connectivity index (χ0v) is 17.2. The van der Waals surface area contributed by atoms with Gasteiger partial charge >= 0.3 is 0 Å². The van der Waals surface area contributed by atoms with Crippen molar-refractivity contribution in [2.24, 2.45) is 10.7 Å². The van der Waals surface area contributed by atoms with Crippen molar-refractivity contribution in [1.29, 1.82) is 0 Å². The molecule has 0 spiro atoms. The molecule has 0 saturated heterocycles. The second-order valence-electron chi connectivity index (χ2n) is 6.07. The third-order valence-corrected chi connectivity index (χ3v) is 4.75. The molecular weight excluding hydrogens is 408 g/mol. The summed E-state index contributed by atoms with van der Waals surface area (Å²) in [6.07, 6.45) is 0.295. The van der Waals surface area contributed by atoms with Crippen LogP contribution in [0.5, 0.6) is 0 Å². The summed E-state index contributed by atoms with van der Waals surface area (Å²) in [5, 5.41) is 3.06. The molecule has 2 rings (SSSR count). The van der Waals surface area contributed by atoms with Crippen LogP contribution in [0.1, 0.15) is 17.5 Å². The molecule has 0 atom stereocenters. The lowest BCUT2D eigenvalue weighted by Gasteiger charge is -2.17. The topological polar surface area (TPSA) is 80.0 Å². The predicted molar refractivity (Wildman–Crippen MR) is 113 cm³/mol. The fourth-order valence-corrected chi connectivity index (χ4v) is 2.94. The number of hydrogen-bond donors (Lipinski definition) is 2. The molecule has 0 bridgehead atoms. The van der Waals surface area contributed by atoms with Crippen LogP contribution in [-0.2, 0) is 22.7 Å². The van der Waals surface area contributed by atoms with Gasteiger partial charge in [0, 0.05) is 42.8 Å². The number of amides is 1. The lowest BCUT2D eigenvalue weighted by molar-refractivity contribution is -0.130. The zero-order chi connectivity index (χ0) is 19.6. The molecule has 0 radical (unpaired) electrons. The lowest BCUT2D eigenvalue weighted by Crippen LogP contribution is -2.28. The number of nitrogens with one attached hydrogen (secondary N) is 1. The van der Waals surface area contributed by atoms with E-state index in [1.165, 1.54) is 0 Å². The van der Waals surface area contributed by atoms with Crippen LogP contribution in [0.2, 0.25) is 0 Å². The molecule has 0 unspecified atom stereocenters. The van der Waals surface area contributed by atoms with Crippen LogP contribution in [0.3, 0.4) is 0 Å². The molecule has 2 aromatic carbocycles. The second kappa shape index (κ2) is 10.7. The number of methoxy groups -OCH3 is 1. The average molecular weight is 433 g/mol. The number of carbonyl (C=O) groups excluding carboxylic acids is 1. The van der Waals surface area contributed by atoms with E-state index in [0.717, 1.165) is 21.3 Å². The van der Waals surface area contributed by atoms with E-state index in [1.807, 2.05) is 48.5 Å². The maximum absolute atomic E-state index is 12.3. The number of nitrogens with zero attached hydrogens (tertiary/aromatic N) is 2. The van der Waals surface area contributed by atoms with Crippen molar-refractivity contribution in [3.8, 4) is 0 Å². The standard InChI is InChI=1S/C20H25BrN4O2/c1-25(13-15-7-3-5-9-17(15)21)19(26)11-12-23-20(22)24-18-10-6-4-8-16(18)14-27-2/h3-10H,11-14H2,1-2H3,(H3,22,23,24). The minimum Gasteiger partial charge on any atom is -0.380 e. The van der Waals surface area contributed by atoms with Gasteiger partial charge in [-0.2, -0.15) is 0 Å². The van der Waals surface area contributed by atoms with Gasteiger partial charge in [0.2, 0.25) is 5.91 Å². The number of hydrogen-bond acceptors (Lipinski definition) is 3. The molecule has 3 N–H and O–H groups in total. The number of rotatable bonds is 8. The highest BCUT2D eigenvalue weighted by Crippen LogP contribution is 2.18. The van der Waals surface area contributed by atoms with Crippen molar-refractivity contribution in [2.75, 3.05) is 26.0 Å². The summed E-state index contributed by atoms with van der Waals surface area (Å²) in [6.45, 7) is 1.35. The average Bonchev–Trinajstić information content (AvgIpc) is 2.65. The molecule has 0 aromatic heterocycles. The Labute approximate surface area is 168 Å². The number of guanidine groups is 1. The van der Waals surface area contributed by atoms with Crippen LogP contribution in [-0.4, -0.2) is 37.5 Å². The Balaban J connectivity index is 1.85. The Morgan fingerprint density at radius 2 is 1.85 bits per heavy atom. The highest BCUT2D eigenvalue weighted by molar-refractivity contribution is 9.10. The molecule has 1 amide bonds. The lowest BCUT2D eigenvalue weighted by atomic mass is 10.2. The summed E-state index contributed by atoms with van der Waals surface area (Å²) in [6, 6.07) is 15.6. The van der Waals surface area contributed by atoms with Gasteiger partial charge in [0.05, 0.1) is 13.2 Å². The van der Waals surface area contributed by atoms with E-state index in [0.29, 0.717) is 26.1 Å². The van der Waals surface area contributed by atoms with Crippen LogP contribution in [0, 0.1) is 0 Å². The van der Waals surface area contributed by atoms with Gasteiger partial charge in [-0.05, 0) is 17.7 Å². The van der Waals surface area contributed by atoms with E-state index in [9.17, 15) is 4.79 Å². The Morgan fingerprint density at radius 1 is 1.19 bits per heavy atom. The predicted octanol–water partition coefficient (Wildman–Crippen LogP) is 3.37. The smallest absolute Gasteiger partial charge is 0.224 e. The summed E-state index contributed by atoms with van der Waals surface area (Å²) in [4.78, 5) is 18.2. The Hall–Kier alpha value is -2.38. The summed E-state index contributed by atoms with van der Waals surface area (Å²) in [5.41, 5.74) is 8.84. The molecule has 6 nitrogen and oxygen atoms in total. The first-order valence-corrected chi connectivity index (χ1v) is 9.41. The summed E-state index contributed by atoms with van der Waals surface area (Å²) in [5.74, 6) is 0.293. The molecule has 0 fully saturated rings. The Morgan fingerprint density at radius 3 is 2.56 bits per heavy atom. The first kappa shape index (κ1) is 20.9. The van der Waals surface area contributed by atoms with E-state index >= 15 is 0 Å². The number of halogens is 1. The Kier molecular flexibility index (Phi) is 8.29. The van der Waals surface area contributed by atoms with E-state index in [1.54, 1.807) is 19.1 Å². The SMILES string of the molecule is COCc1ccccc1NC(N)=NCCC(=O)N(C)Cc1ccccc1Br. The normalized spacial score (nSPS) is 11.3. The van der Waals surface area contributed by atoms with E-state index in [2.05, 4.69) is 26.2 Å². The first-order valence-electron chi connectivity index (χ1n) is 8.62. The van der Waals surface area contributed by atoms with Crippen molar-refractivity contribution in [2.45, 2.75) is 19.6 Å². The highest BCUT2D eigenvalue weighted by atomic mass is 79.9. The monoisotopic (exact) mass is 432 g/mol. The maximum Gasteiger partial charge on any atom is 0.224 e. The third-order valence-electron chi connectivity index (χ3n) is 3.98. The highest BCUT2D eigenvalue weighted by Gasteiger charge is 2.10. The molecule has 0 aliphatic heterocycles. The number of nitrogens with two attached hydrogens (primary N) is 1. The van der Waals surface area contributed by atoms with Crippen LogP contribution in [0.15, 0.2) is 58.0 Å². The molecule has 7 heteroatoms. The zero-order valence-electron chi connectivity index (χ0n) is 15.6. The van der Waals surface area contributed by atoms with Gasteiger partial charge < -0.3 is 20.7 Å². The Bertz CT molecular complexity index is 795. The minimum absolute atomic E-state index is 0.0158. The van der Waals surface area contributed by atoms with Gasteiger partial charge in [-0.3, -0.25) is 9.79 Å². The summed E-state index contributed by atoms with van der Waals surface area (Å²) in [7, 11) is 3.43. The number of ether oxygens (including phenoxy) is 1.